The number of benzene rings is 1. The van der Waals surface area contributed by atoms with Gasteiger partial charge in [-0.15, -0.1) is 0 Å². The fourth-order valence-corrected chi connectivity index (χ4v) is 2.62. The van der Waals surface area contributed by atoms with Gasteiger partial charge in [0.2, 0.25) is 0 Å². The molecule has 1 aromatic carbocycles. The monoisotopic (exact) mass is 379 g/mol. The molecule has 0 aromatic heterocycles. The number of nitrogens with zero attached hydrogens (tertiary/aromatic N) is 1. The molecule has 7 nitrogen and oxygen atoms in total. The van der Waals surface area contributed by atoms with Crippen molar-refractivity contribution in [3.8, 4) is 5.75 Å². The Bertz CT molecular complexity index is 531. The van der Waals surface area contributed by atoms with Crippen molar-refractivity contribution in [1.82, 2.24) is 4.90 Å². The Morgan fingerprint density at radius 3 is 2.08 bits per heavy atom. The van der Waals surface area contributed by atoms with Gasteiger partial charge in [0.25, 0.3) is 0 Å². The van der Waals surface area contributed by atoms with Gasteiger partial charge in [-0.05, 0) is 38.1 Å². The third-order valence-corrected chi connectivity index (χ3v) is 3.78. The number of para-hydroxylation sites is 1. The van der Waals surface area contributed by atoms with Crippen LogP contribution in [0, 0.1) is 0 Å². The molecule has 0 radical (unpaired) electrons. The van der Waals surface area contributed by atoms with Gasteiger partial charge in [-0.1, -0.05) is 29.3 Å². The number of carbonyl (C=O) groups is 2. The Morgan fingerprint density at radius 1 is 1.12 bits per heavy atom. The van der Waals surface area contributed by atoms with Crippen LogP contribution in [0.15, 0.2) is 18.2 Å². The van der Waals surface area contributed by atoms with E-state index < -0.39 is 18.0 Å². The molecule has 9 heteroatoms. The second-order valence-corrected chi connectivity index (χ2v) is 5.95. The minimum Gasteiger partial charge on any atom is -0.488 e. The van der Waals surface area contributed by atoms with Crippen LogP contribution in [0.5, 0.6) is 5.75 Å². The van der Waals surface area contributed by atoms with Gasteiger partial charge in [0.1, 0.15) is 12.7 Å². The van der Waals surface area contributed by atoms with Gasteiger partial charge in [0.05, 0.1) is 10.0 Å². The summed E-state index contributed by atoms with van der Waals surface area (Å²) in [5.41, 5.74) is 0. The molecule has 0 spiro atoms. The number of halogens is 2. The van der Waals surface area contributed by atoms with Crippen LogP contribution in [0.3, 0.4) is 0 Å². The van der Waals surface area contributed by atoms with Crippen molar-refractivity contribution >= 4 is 35.1 Å². The summed E-state index contributed by atoms with van der Waals surface area (Å²) in [6.07, 6.45) is 1.91. The Labute approximate surface area is 149 Å². The Morgan fingerprint density at radius 2 is 1.62 bits per heavy atom. The van der Waals surface area contributed by atoms with Crippen molar-refractivity contribution in [1.29, 1.82) is 0 Å². The van der Waals surface area contributed by atoms with Crippen molar-refractivity contribution in [3.05, 3.63) is 28.2 Å². The van der Waals surface area contributed by atoms with Crippen molar-refractivity contribution in [2.45, 2.75) is 18.9 Å². The van der Waals surface area contributed by atoms with E-state index in [9.17, 15) is 5.11 Å². The van der Waals surface area contributed by atoms with Crippen LogP contribution in [-0.2, 0) is 9.59 Å². The molecule has 3 N–H and O–H groups in total. The molecule has 1 saturated heterocycles. The molecule has 0 aliphatic carbocycles. The van der Waals surface area contributed by atoms with E-state index in [4.69, 9.17) is 47.7 Å². The van der Waals surface area contributed by atoms with Crippen LogP contribution in [-0.4, -0.2) is 64.5 Å². The molecule has 1 unspecified atom stereocenters. The number of carboxylic acid groups (broad SMARTS) is 2. The molecule has 1 atom stereocenters. The zero-order valence-electron chi connectivity index (χ0n) is 12.8. The van der Waals surface area contributed by atoms with Gasteiger partial charge in [-0.25, -0.2) is 9.59 Å². The molecule has 0 bridgehead atoms. The number of rotatable bonds is 5. The summed E-state index contributed by atoms with van der Waals surface area (Å²) >= 11 is 12.0. The molecule has 1 fully saturated rings. The first-order valence-electron chi connectivity index (χ1n) is 7.24. The largest absolute Gasteiger partial charge is 0.488 e. The second kappa shape index (κ2) is 10.4. The van der Waals surface area contributed by atoms with Crippen molar-refractivity contribution < 1.29 is 29.6 Å². The van der Waals surface area contributed by atoms with E-state index in [1.165, 1.54) is 12.8 Å². The fraction of sp³-hybridized carbons (Fsp3) is 0.467. The first-order valence-corrected chi connectivity index (χ1v) is 8.00. The first kappa shape index (κ1) is 20.5. The van der Waals surface area contributed by atoms with E-state index in [0.29, 0.717) is 22.3 Å². The lowest BCUT2D eigenvalue weighted by atomic mass is 10.3. The Kier molecular flexibility index (Phi) is 8.84. The molecular weight excluding hydrogens is 361 g/mol. The smallest absolute Gasteiger partial charge is 0.414 e. The number of aliphatic carboxylic acids is 2. The average Bonchev–Trinajstić information content (AvgIpc) is 3.00. The van der Waals surface area contributed by atoms with Gasteiger partial charge in [0.15, 0.2) is 5.75 Å². The van der Waals surface area contributed by atoms with E-state index in [1.54, 1.807) is 18.2 Å². The third-order valence-electron chi connectivity index (χ3n) is 3.19. The molecule has 1 aromatic rings. The van der Waals surface area contributed by atoms with Crippen LogP contribution in [0.25, 0.3) is 0 Å². The summed E-state index contributed by atoms with van der Waals surface area (Å²) in [4.78, 5) is 20.4. The third kappa shape index (κ3) is 7.35. The maximum absolute atomic E-state index is 9.90. The number of carboxylic acids is 2. The lowest BCUT2D eigenvalue weighted by Gasteiger charge is -2.20. The lowest BCUT2D eigenvalue weighted by Crippen LogP contribution is -2.33. The summed E-state index contributed by atoms with van der Waals surface area (Å²) in [7, 11) is 0. The number of likely N-dealkylation sites (tertiary alicyclic amines) is 1. The van der Waals surface area contributed by atoms with Crippen LogP contribution in [0.1, 0.15) is 12.8 Å². The number of β-amino-alcohol motifs (C(OH)–C–C–N with tert-alkyl or cyclic N) is 1. The highest BCUT2D eigenvalue weighted by Gasteiger charge is 2.17. The quantitative estimate of drug-likeness (QED) is 0.671. The summed E-state index contributed by atoms with van der Waals surface area (Å²) in [5.74, 6) is -3.20. The Hall–Kier alpha value is -1.54. The minimum atomic E-state index is -1.82. The molecule has 2 rings (SSSR count). The molecule has 1 heterocycles. The van der Waals surface area contributed by atoms with Gasteiger partial charge in [-0.2, -0.15) is 0 Å². The number of aliphatic hydroxyl groups excluding tert-OH is 1. The zero-order chi connectivity index (χ0) is 18.1. The first-order chi connectivity index (χ1) is 11.3. The van der Waals surface area contributed by atoms with E-state index >= 15 is 0 Å². The predicted molar refractivity (Wildman–Crippen MR) is 88.9 cm³/mol. The highest BCUT2D eigenvalue weighted by molar-refractivity contribution is 6.37. The van der Waals surface area contributed by atoms with Gasteiger partial charge in [-0.3, -0.25) is 0 Å². The van der Waals surface area contributed by atoms with Crippen molar-refractivity contribution in [3.63, 3.8) is 0 Å². The van der Waals surface area contributed by atoms with E-state index in [1.807, 2.05) is 0 Å². The van der Waals surface area contributed by atoms with Crippen molar-refractivity contribution in [2.75, 3.05) is 26.2 Å². The average molecular weight is 380 g/mol. The van der Waals surface area contributed by atoms with Gasteiger partial charge < -0.3 is 25.0 Å². The fourth-order valence-electron chi connectivity index (χ4n) is 2.12. The summed E-state index contributed by atoms with van der Waals surface area (Å²) in [5, 5.41) is 25.6. The van der Waals surface area contributed by atoms with Crippen LogP contribution in [0.4, 0.5) is 0 Å². The van der Waals surface area contributed by atoms with Crippen LogP contribution >= 0.6 is 23.2 Å². The van der Waals surface area contributed by atoms with E-state index in [2.05, 4.69) is 4.90 Å². The second-order valence-electron chi connectivity index (χ2n) is 5.13. The molecule has 1 aliphatic rings. The van der Waals surface area contributed by atoms with Crippen LogP contribution < -0.4 is 4.74 Å². The van der Waals surface area contributed by atoms with Crippen LogP contribution in [0.2, 0.25) is 10.0 Å². The minimum absolute atomic E-state index is 0.208. The van der Waals surface area contributed by atoms with E-state index in [-0.39, 0.29) is 6.61 Å². The number of ether oxygens (including phenoxy) is 1. The molecule has 1 aliphatic heterocycles. The summed E-state index contributed by atoms with van der Waals surface area (Å²) < 4.78 is 5.50. The maximum atomic E-state index is 9.90. The molecule has 0 saturated carbocycles. The predicted octanol–water partition coefficient (Wildman–Crippen LogP) is 1.98. The van der Waals surface area contributed by atoms with Gasteiger partial charge >= 0.3 is 11.9 Å². The summed E-state index contributed by atoms with van der Waals surface area (Å²) in [6.45, 7) is 2.97. The molecule has 24 heavy (non-hydrogen) atoms. The molecule has 134 valence electrons. The highest BCUT2D eigenvalue weighted by atomic mass is 35.5. The maximum Gasteiger partial charge on any atom is 0.414 e. The number of aliphatic hydroxyl groups is 1. The highest BCUT2D eigenvalue weighted by Crippen LogP contribution is 2.32. The number of hydrogen-bond donors (Lipinski definition) is 3. The Balaban J connectivity index is 0.000000413. The summed E-state index contributed by atoms with van der Waals surface area (Å²) in [6, 6.07) is 5.20. The van der Waals surface area contributed by atoms with Crippen molar-refractivity contribution in [2.24, 2.45) is 0 Å². The molecular formula is C15H19Cl2NO6. The normalized spacial score (nSPS) is 15.3. The molecule has 0 amide bonds. The topological polar surface area (TPSA) is 107 Å². The number of hydrogen-bond acceptors (Lipinski definition) is 5. The standard InChI is InChI=1S/C13H17Cl2NO2.C2H2O4/c14-11-4-3-5-12(15)13(11)18-9-10(17)8-16-6-1-2-7-16;3-1(4)2(5)6/h3-5,10,17H,1-2,6-9H2;(H,3,4)(H,5,6). The lowest BCUT2D eigenvalue weighted by molar-refractivity contribution is -0.159. The van der Waals surface area contributed by atoms with Gasteiger partial charge in [0, 0.05) is 6.54 Å². The SMILES string of the molecule is O=C(O)C(=O)O.OC(COc1c(Cl)cccc1Cl)CN1CCCC1. The zero-order valence-corrected chi connectivity index (χ0v) is 14.3. The van der Waals surface area contributed by atoms with E-state index in [0.717, 1.165) is 13.1 Å².